The summed E-state index contributed by atoms with van der Waals surface area (Å²) in [6, 6.07) is 8.12. The Labute approximate surface area is 122 Å². The van der Waals surface area contributed by atoms with Crippen LogP contribution in [0, 0.1) is 17.8 Å². The summed E-state index contributed by atoms with van der Waals surface area (Å²) < 4.78 is 0. The van der Waals surface area contributed by atoms with Gasteiger partial charge in [0.25, 0.3) is 0 Å². The number of rotatable bonds is 6. The van der Waals surface area contributed by atoms with Crippen LogP contribution in [0.15, 0.2) is 24.3 Å². The summed E-state index contributed by atoms with van der Waals surface area (Å²) in [5.41, 5.74) is 1.46. The van der Waals surface area contributed by atoms with Crippen molar-refractivity contribution in [2.75, 3.05) is 0 Å². The molecular formula is C18H26O2. The zero-order valence-electron chi connectivity index (χ0n) is 13.0. The van der Waals surface area contributed by atoms with E-state index in [4.69, 9.17) is 0 Å². The number of aliphatic carboxylic acids is 1. The van der Waals surface area contributed by atoms with Crippen LogP contribution in [0.25, 0.3) is 0 Å². The summed E-state index contributed by atoms with van der Waals surface area (Å²) in [6.45, 7) is 8.74. The Morgan fingerprint density at radius 2 is 1.95 bits per heavy atom. The van der Waals surface area contributed by atoms with Gasteiger partial charge in [-0.2, -0.15) is 0 Å². The highest BCUT2D eigenvalue weighted by atomic mass is 16.4. The number of hydrogen-bond acceptors (Lipinski definition) is 1. The zero-order valence-corrected chi connectivity index (χ0v) is 13.0. The maximum atomic E-state index is 12.2. The number of carboxylic acid groups (broad SMARTS) is 1. The predicted molar refractivity (Wildman–Crippen MR) is 81.9 cm³/mol. The first kappa shape index (κ1) is 15.1. The molecule has 0 radical (unpaired) electrons. The van der Waals surface area contributed by atoms with E-state index < -0.39 is 11.4 Å². The van der Waals surface area contributed by atoms with Crippen LogP contribution in [0.2, 0.25) is 0 Å². The maximum Gasteiger partial charge on any atom is 0.314 e. The highest BCUT2D eigenvalue weighted by Gasteiger charge is 2.50. The average Bonchev–Trinajstić information content (AvgIpc) is 2.61. The van der Waals surface area contributed by atoms with E-state index in [9.17, 15) is 9.90 Å². The van der Waals surface area contributed by atoms with Gasteiger partial charge in [-0.1, -0.05) is 58.4 Å². The summed E-state index contributed by atoms with van der Waals surface area (Å²) in [5, 5.41) is 9.99. The van der Waals surface area contributed by atoms with Crippen LogP contribution in [0.1, 0.15) is 51.7 Å². The van der Waals surface area contributed by atoms with Gasteiger partial charge in [0.15, 0.2) is 0 Å². The Kier molecular flexibility index (Phi) is 4.22. The number of fused-ring (bicyclic) bond motifs is 2. The Bertz CT molecular complexity index is 490. The third-order valence-corrected chi connectivity index (χ3v) is 4.80. The van der Waals surface area contributed by atoms with E-state index >= 15 is 0 Å². The first-order chi connectivity index (χ1) is 9.37. The molecular weight excluding hydrogens is 248 g/mol. The van der Waals surface area contributed by atoms with Crippen molar-refractivity contribution in [1.29, 1.82) is 0 Å². The summed E-state index contributed by atoms with van der Waals surface area (Å²) in [7, 11) is 0. The van der Waals surface area contributed by atoms with Crippen molar-refractivity contribution < 1.29 is 9.90 Å². The molecule has 1 aliphatic carbocycles. The second-order valence-electron chi connectivity index (χ2n) is 6.98. The van der Waals surface area contributed by atoms with E-state index in [2.05, 4.69) is 33.8 Å². The van der Waals surface area contributed by atoms with Crippen LogP contribution >= 0.6 is 0 Å². The second-order valence-corrected chi connectivity index (χ2v) is 6.98. The van der Waals surface area contributed by atoms with Crippen molar-refractivity contribution in [2.45, 2.75) is 52.4 Å². The summed E-state index contributed by atoms with van der Waals surface area (Å²) in [4.78, 5) is 12.2. The molecule has 1 aliphatic rings. The molecule has 2 rings (SSSR count). The lowest BCUT2D eigenvalue weighted by Gasteiger charge is -2.37. The molecule has 0 saturated carbocycles. The predicted octanol–water partition coefficient (Wildman–Crippen LogP) is 4.27. The minimum Gasteiger partial charge on any atom is -0.481 e. The van der Waals surface area contributed by atoms with E-state index in [0.717, 1.165) is 18.4 Å². The second kappa shape index (κ2) is 5.59. The molecule has 0 aliphatic heterocycles. The molecule has 2 heteroatoms. The molecule has 1 aromatic carbocycles. The van der Waals surface area contributed by atoms with Gasteiger partial charge in [0, 0.05) is 0 Å². The van der Waals surface area contributed by atoms with Crippen LogP contribution in [0.3, 0.4) is 0 Å². The van der Waals surface area contributed by atoms with E-state index in [-0.39, 0.29) is 5.92 Å². The van der Waals surface area contributed by atoms with Crippen molar-refractivity contribution >= 4 is 5.97 Å². The number of carbonyl (C=O) groups is 1. The lowest BCUT2D eigenvalue weighted by Crippen LogP contribution is -2.45. The molecule has 2 nitrogen and oxygen atoms in total. The minimum absolute atomic E-state index is 0.197. The van der Waals surface area contributed by atoms with Gasteiger partial charge in [-0.3, -0.25) is 4.79 Å². The van der Waals surface area contributed by atoms with Gasteiger partial charge < -0.3 is 5.11 Å². The van der Waals surface area contributed by atoms with E-state index in [1.165, 1.54) is 5.56 Å². The summed E-state index contributed by atoms with van der Waals surface area (Å²) >= 11 is 0. The fraction of sp³-hybridized carbons (Fsp3) is 0.611. The quantitative estimate of drug-likeness (QED) is 0.841. The first-order valence-electron chi connectivity index (χ1n) is 7.70. The smallest absolute Gasteiger partial charge is 0.314 e. The first-order valence-corrected chi connectivity index (χ1v) is 7.70. The zero-order chi connectivity index (χ0) is 14.9. The molecule has 20 heavy (non-hydrogen) atoms. The SMILES string of the molecule is CC(C)CCC(C(C)C)C1(C(=O)O)Cc2cccc1c2. The molecule has 1 N–H and O–H groups in total. The summed E-state index contributed by atoms with van der Waals surface area (Å²) in [6.07, 6.45) is 2.74. The van der Waals surface area contributed by atoms with Crippen molar-refractivity contribution in [3.05, 3.63) is 35.4 Å². The Morgan fingerprint density at radius 3 is 2.45 bits per heavy atom. The third kappa shape index (κ3) is 2.48. The molecule has 2 unspecified atom stereocenters. The van der Waals surface area contributed by atoms with E-state index in [1.54, 1.807) is 0 Å². The van der Waals surface area contributed by atoms with Crippen LogP contribution in [-0.2, 0) is 16.6 Å². The lowest BCUT2D eigenvalue weighted by atomic mass is 9.64. The van der Waals surface area contributed by atoms with Crippen molar-refractivity contribution in [1.82, 2.24) is 0 Å². The Hall–Kier alpha value is -1.31. The van der Waals surface area contributed by atoms with Crippen LogP contribution < -0.4 is 0 Å². The van der Waals surface area contributed by atoms with Crippen molar-refractivity contribution in [3.63, 3.8) is 0 Å². The monoisotopic (exact) mass is 274 g/mol. The molecule has 0 amide bonds. The van der Waals surface area contributed by atoms with Crippen LogP contribution in [0.4, 0.5) is 0 Å². The third-order valence-electron chi connectivity index (χ3n) is 4.80. The molecule has 2 atom stereocenters. The highest BCUT2D eigenvalue weighted by molar-refractivity contribution is 5.84. The van der Waals surface area contributed by atoms with Gasteiger partial charge in [-0.15, -0.1) is 0 Å². The molecule has 0 saturated heterocycles. The molecule has 110 valence electrons. The van der Waals surface area contributed by atoms with E-state index in [1.807, 2.05) is 18.2 Å². The van der Waals surface area contributed by atoms with Gasteiger partial charge in [0.2, 0.25) is 0 Å². The van der Waals surface area contributed by atoms with Gasteiger partial charge >= 0.3 is 5.97 Å². The summed E-state index contributed by atoms with van der Waals surface area (Å²) in [5.74, 6) is 0.536. The van der Waals surface area contributed by atoms with Crippen LogP contribution in [-0.4, -0.2) is 11.1 Å². The van der Waals surface area contributed by atoms with Gasteiger partial charge in [0.1, 0.15) is 0 Å². The Balaban J connectivity index is 2.38. The topological polar surface area (TPSA) is 37.3 Å². The minimum atomic E-state index is -0.706. The fourth-order valence-electron chi connectivity index (χ4n) is 3.75. The van der Waals surface area contributed by atoms with Crippen molar-refractivity contribution in [3.8, 4) is 0 Å². The molecule has 0 heterocycles. The average molecular weight is 274 g/mol. The molecule has 2 bridgehead atoms. The van der Waals surface area contributed by atoms with Gasteiger partial charge in [0.05, 0.1) is 5.41 Å². The normalized spacial score (nSPS) is 22.5. The number of carboxylic acids is 1. The Morgan fingerprint density at radius 1 is 1.25 bits per heavy atom. The number of benzene rings is 1. The molecule has 0 spiro atoms. The number of hydrogen-bond donors (Lipinski definition) is 1. The van der Waals surface area contributed by atoms with Crippen molar-refractivity contribution in [2.24, 2.45) is 17.8 Å². The molecule has 0 fully saturated rings. The van der Waals surface area contributed by atoms with E-state index in [0.29, 0.717) is 18.3 Å². The van der Waals surface area contributed by atoms with Gasteiger partial charge in [-0.05, 0) is 41.7 Å². The van der Waals surface area contributed by atoms with Crippen LogP contribution in [0.5, 0.6) is 0 Å². The molecule has 0 aromatic heterocycles. The van der Waals surface area contributed by atoms with Gasteiger partial charge in [-0.25, -0.2) is 0 Å². The lowest BCUT2D eigenvalue weighted by molar-refractivity contribution is -0.147. The highest BCUT2D eigenvalue weighted by Crippen LogP contribution is 2.46. The molecule has 1 aromatic rings. The standard InChI is InChI=1S/C18H26O2/c1-12(2)8-9-16(13(3)4)18(17(19)20)11-14-6-5-7-15(18)10-14/h5-7,10,12-13,16H,8-9,11H2,1-4H3,(H,19,20). The fourth-order valence-corrected chi connectivity index (χ4v) is 3.75. The largest absolute Gasteiger partial charge is 0.481 e. The maximum absolute atomic E-state index is 12.2.